The van der Waals surface area contributed by atoms with Crippen molar-refractivity contribution in [2.45, 2.75) is 52.6 Å². The fourth-order valence-corrected chi connectivity index (χ4v) is 9.18. The number of hydrogen-bond donors (Lipinski definition) is 2. The number of carboxylic acid groups (broad SMARTS) is 1. The maximum absolute atomic E-state index is 13.5. The molecule has 5 aromatic rings. The zero-order valence-corrected chi connectivity index (χ0v) is 28.1. The van der Waals surface area contributed by atoms with Crippen molar-refractivity contribution in [3.05, 3.63) is 101 Å². The zero-order valence-electron chi connectivity index (χ0n) is 27.3. The van der Waals surface area contributed by atoms with Crippen LogP contribution in [-0.4, -0.2) is 43.3 Å². The van der Waals surface area contributed by atoms with Crippen molar-refractivity contribution in [1.82, 2.24) is 19.7 Å². The van der Waals surface area contributed by atoms with Gasteiger partial charge in [0.25, 0.3) is 5.91 Å². The number of hydrogen-bond acceptors (Lipinski definition) is 8. The summed E-state index contributed by atoms with van der Waals surface area (Å²) in [6, 6.07) is 19.3. The third-order valence-electron chi connectivity index (χ3n) is 10.4. The number of nitrogens with one attached hydrogen (secondary N) is 1. The topological polar surface area (TPSA) is 137 Å². The summed E-state index contributed by atoms with van der Waals surface area (Å²) in [6.07, 6.45) is 7.85. The average Bonchev–Trinajstić information content (AvgIpc) is 3.69. The molecule has 49 heavy (non-hydrogen) atoms. The van der Waals surface area contributed by atoms with Crippen molar-refractivity contribution in [3.63, 3.8) is 0 Å². The Morgan fingerprint density at radius 1 is 1.08 bits per heavy atom. The largest absolute Gasteiger partial charge is 0.476 e. The molecule has 8 rings (SSSR count). The van der Waals surface area contributed by atoms with E-state index in [0.29, 0.717) is 71.2 Å². The van der Waals surface area contributed by atoms with Gasteiger partial charge in [0, 0.05) is 35.2 Å². The van der Waals surface area contributed by atoms with Gasteiger partial charge >= 0.3 is 5.97 Å². The van der Waals surface area contributed by atoms with Crippen LogP contribution in [-0.2, 0) is 19.5 Å². The Hall–Kier alpha value is -5.34. The Morgan fingerprint density at radius 3 is 2.73 bits per heavy atom. The number of aromatic nitrogens is 4. The lowest BCUT2D eigenvalue weighted by atomic mass is 9.52. The van der Waals surface area contributed by atoms with Crippen molar-refractivity contribution in [3.8, 4) is 17.2 Å². The van der Waals surface area contributed by atoms with Crippen LogP contribution in [0.2, 0.25) is 0 Å². The van der Waals surface area contributed by atoms with Crippen LogP contribution in [0, 0.1) is 28.6 Å². The Kier molecular flexibility index (Phi) is 7.56. The molecule has 2 aliphatic carbocycles. The summed E-state index contributed by atoms with van der Waals surface area (Å²) < 4.78 is 2.75. The number of rotatable bonds is 7. The minimum atomic E-state index is -1.18. The summed E-state index contributed by atoms with van der Waals surface area (Å²) in [5, 5.41) is 28.8. The molecule has 0 bridgehead atoms. The lowest BCUT2D eigenvalue weighted by Crippen LogP contribution is -2.46. The number of amides is 1. The second-order valence-electron chi connectivity index (χ2n) is 13.7. The van der Waals surface area contributed by atoms with Gasteiger partial charge in [-0.05, 0) is 79.0 Å². The van der Waals surface area contributed by atoms with Crippen molar-refractivity contribution >= 4 is 44.4 Å². The lowest BCUT2D eigenvalue weighted by Gasteiger charge is -2.53. The van der Waals surface area contributed by atoms with Crippen LogP contribution < -0.4 is 10.2 Å². The molecule has 4 heterocycles. The van der Waals surface area contributed by atoms with Gasteiger partial charge in [-0.1, -0.05) is 61.1 Å². The highest BCUT2D eigenvalue weighted by Gasteiger charge is 2.49. The first-order valence-electron chi connectivity index (χ1n) is 16.7. The van der Waals surface area contributed by atoms with Gasteiger partial charge in [0.2, 0.25) is 0 Å². The summed E-state index contributed by atoms with van der Waals surface area (Å²) in [6.45, 7) is 6.13. The SMILES string of the molecule is CC1CC=C2C(C)CC2(Cn2ncc(-c3ccc(N4CCc5cccc(C(=O)Nc6nc7ccccc7s6)c5C4)nc3C(=O)O)c2C#N)C1. The molecule has 246 valence electrons. The summed E-state index contributed by atoms with van der Waals surface area (Å²) in [5.41, 5.74) is 5.83. The lowest BCUT2D eigenvalue weighted by molar-refractivity contribution is 0.0691. The van der Waals surface area contributed by atoms with E-state index in [1.165, 1.54) is 16.9 Å². The number of carbonyl (C=O) groups excluding carboxylic acids is 1. The van der Waals surface area contributed by atoms with Gasteiger partial charge in [0.1, 0.15) is 17.6 Å². The van der Waals surface area contributed by atoms with Crippen molar-refractivity contribution in [2.24, 2.45) is 17.3 Å². The molecule has 1 amide bonds. The molecule has 3 atom stereocenters. The molecule has 0 spiro atoms. The maximum Gasteiger partial charge on any atom is 0.355 e. The number of benzene rings is 2. The van der Waals surface area contributed by atoms with E-state index >= 15 is 0 Å². The number of thiazole rings is 1. The van der Waals surface area contributed by atoms with E-state index in [1.54, 1.807) is 23.0 Å². The number of pyridine rings is 1. The van der Waals surface area contributed by atoms with Crippen LogP contribution in [0.15, 0.2) is 72.4 Å². The smallest absolute Gasteiger partial charge is 0.355 e. The van der Waals surface area contributed by atoms with Crippen LogP contribution in [0.4, 0.5) is 10.9 Å². The van der Waals surface area contributed by atoms with E-state index < -0.39 is 5.97 Å². The first-order valence-corrected chi connectivity index (χ1v) is 17.5. The molecule has 2 N–H and O–H groups in total. The van der Waals surface area contributed by atoms with Gasteiger partial charge in [0.05, 0.1) is 23.0 Å². The second kappa shape index (κ2) is 12.0. The highest BCUT2D eigenvalue weighted by Crippen LogP contribution is 2.58. The van der Waals surface area contributed by atoms with E-state index in [1.807, 2.05) is 47.4 Å². The molecule has 2 aromatic carbocycles. The average molecular weight is 670 g/mol. The minimum Gasteiger partial charge on any atom is -0.476 e. The van der Waals surface area contributed by atoms with Gasteiger partial charge in [-0.2, -0.15) is 10.4 Å². The molecule has 0 saturated heterocycles. The molecule has 1 aliphatic heterocycles. The second-order valence-corrected chi connectivity index (χ2v) is 14.7. The Labute approximate surface area is 287 Å². The molecule has 11 heteroatoms. The third kappa shape index (κ3) is 5.36. The first-order chi connectivity index (χ1) is 23.7. The number of fused-ring (bicyclic) bond motifs is 3. The number of allylic oxidation sites excluding steroid dienone is 2. The predicted octanol–water partition coefficient (Wildman–Crippen LogP) is 7.32. The number of anilines is 2. The number of nitriles is 1. The van der Waals surface area contributed by atoms with Gasteiger partial charge in [-0.3, -0.25) is 14.8 Å². The van der Waals surface area contributed by atoms with Crippen LogP contribution in [0.5, 0.6) is 0 Å². The van der Waals surface area contributed by atoms with E-state index in [9.17, 15) is 20.0 Å². The third-order valence-corrected chi connectivity index (χ3v) is 11.4. The molecule has 1 saturated carbocycles. The summed E-state index contributed by atoms with van der Waals surface area (Å²) in [5.74, 6) is 0.175. The fraction of sp³-hybridized carbons (Fsp3) is 0.316. The van der Waals surface area contributed by atoms with Crippen molar-refractivity contribution < 1.29 is 14.7 Å². The Bertz CT molecular complexity index is 2200. The summed E-state index contributed by atoms with van der Waals surface area (Å²) in [4.78, 5) is 37.4. The summed E-state index contributed by atoms with van der Waals surface area (Å²) >= 11 is 1.43. The molecule has 1 fully saturated rings. The maximum atomic E-state index is 13.5. The number of nitrogens with zero attached hydrogens (tertiary/aromatic N) is 6. The van der Waals surface area contributed by atoms with E-state index in [0.717, 1.165) is 40.6 Å². The molecule has 3 aliphatic rings. The van der Waals surface area contributed by atoms with Crippen LogP contribution in [0.1, 0.15) is 70.8 Å². The number of carboxylic acids is 1. The van der Waals surface area contributed by atoms with E-state index in [2.05, 4.69) is 46.4 Å². The van der Waals surface area contributed by atoms with Crippen LogP contribution >= 0.6 is 11.3 Å². The molecule has 10 nitrogen and oxygen atoms in total. The van der Waals surface area contributed by atoms with Crippen molar-refractivity contribution in [1.29, 1.82) is 5.26 Å². The van der Waals surface area contributed by atoms with Crippen molar-refractivity contribution in [2.75, 3.05) is 16.8 Å². The molecule has 0 radical (unpaired) electrons. The van der Waals surface area contributed by atoms with Crippen LogP contribution in [0.25, 0.3) is 21.3 Å². The predicted molar refractivity (Wildman–Crippen MR) is 189 cm³/mol. The molecular formula is C38H35N7O3S. The fourth-order valence-electron chi connectivity index (χ4n) is 8.31. The quantitative estimate of drug-likeness (QED) is 0.172. The van der Waals surface area contributed by atoms with Gasteiger partial charge < -0.3 is 10.0 Å². The van der Waals surface area contributed by atoms with Gasteiger partial charge in [-0.15, -0.1) is 0 Å². The normalized spacial score (nSPS) is 21.2. The minimum absolute atomic E-state index is 0.00158. The number of aromatic carboxylic acids is 1. The molecular weight excluding hydrogens is 635 g/mol. The first kappa shape index (κ1) is 31.0. The number of carbonyl (C=O) groups is 2. The van der Waals surface area contributed by atoms with Gasteiger partial charge in [-0.25, -0.2) is 14.8 Å². The van der Waals surface area contributed by atoms with E-state index in [-0.39, 0.29) is 17.0 Å². The van der Waals surface area contributed by atoms with E-state index in [4.69, 9.17) is 0 Å². The standard InChI is InChI=1S/C38H35N7O3S/c1-22-10-12-29-23(2)17-38(29,16-22)21-45-31(18-39)27(19-40-45)25-11-13-33(42-34(25)36(47)48)44-15-14-24-6-5-7-26(28(24)20-44)35(46)43-37-41-30-8-3-4-9-32(30)49-37/h3-9,11-13,19,22-23H,10,14-17,20-21H2,1-2H3,(H,47,48)(H,41,43,46). The summed E-state index contributed by atoms with van der Waals surface area (Å²) in [7, 11) is 0. The molecule has 3 unspecified atom stereocenters. The van der Waals surface area contributed by atoms with Crippen LogP contribution in [0.3, 0.4) is 0 Å². The Balaban J connectivity index is 1.07. The molecule has 3 aromatic heterocycles. The monoisotopic (exact) mass is 669 g/mol. The Morgan fingerprint density at radius 2 is 1.94 bits per heavy atom. The number of para-hydroxylation sites is 1. The highest BCUT2D eigenvalue weighted by molar-refractivity contribution is 7.22. The highest BCUT2D eigenvalue weighted by atomic mass is 32.1. The zero-order chi connectivity index (χ0) is 33.9. The van der Waals surface area contributed by atoms with Gasteiger partial charge in [0.15, 0.2) is 10.8 Å².